The Bertz CT molecular complexity index is 1020. The lowest BCUT2D eigenvalue weighted by atomic mass is 9.83. The van der Waals surface area contributed by atoms with Crippen molar-refractivity contribution in [3.8, 4) is 0 Å². The van der Waals surface area contributed by atoms with Crippen molar-refractivity contribution in [2.45, 2.75) is 45.3 Å². The van der Waals surface area contributed by atoms with Crippen molar-refractivity contribution < 1.29 is 23.8 Å². The number of methoxy groups -OCH3 is 1. The molecule has 3 rings (SSSR count). The fraction of sp³-hybridized carbons (Fsp3) is 0.458. The van der Waals surface area contributed by atoms with Gasteiger partial charge in [-0.05, 0) is 50.1 Å². The van der Waals surface area contributed by atoms with Gasteiger partial charge in [0.15, 0.2) is 0 Å². The van der Waals surface area contributed by atoms with Crippen LogP contribution >= 0.6 is 0 Å². The number of halogens is 1. The van der Waals surface area contributed by atoms with Gasteiger partial charge in [0, 0.05) is 38.5 Å². The number of hydrogen-bond acceptors (Lipinski definition) is 5. The molecule has 1 saturated heterocycles. The van der Waals surface area contributed by atoms with E-state index in [0.29, 0.717) is 31.7 Å². The van der Waals surface area contributed by atoms with E-state index in [4.69, 9.17) is 4.74 Å². The summed E-state index contributed by atoms with van der Waals surface area (Å²) >= 11 is 0. The van der Waals surface area contributed by atoms with Gasteiger partial charge in [-0.1, -0.05) is 13.0 Å². The third-order valence-corrected chi connectivity index (χ3v) is 6.55. The number of amides is 3. The number of urea groups is 1. The van der Waals surface area contributed by atoms with Gasteiger partial charge in [-0.15, -0.1) is 0 Å². The number of ether oxygens (including phenoxy) is 1. The molecule has 184 valence electrons. The lowest BCUT2D eigenvalue weighted by molar-refractivity contribution is -0.0748. The second-order valence-electron chi connectivity index (χ2n) is 8.55. The monoisotopic (exact) mass is 473 g/mol. The summed E-state index contributed by atoms with van der Waals surface area (Å²) in [6.07, 6.45) is 1.16. The second kappa shape index (κ2) is 10.8. The molecule has 1 aliphatic rings. The molecule has 3 amide bonds. The smallest absolute Gasteiger partial charge is 0.407 e. The zero-order valence-electron chi connectivity index (χ0n) is 20.0. The number of anilines is 2. The van der Waals surface area contributed by atoms with E-state index in [9.17, 15) is 19.1 Å². The predicted octanol–water partition coefficient (Wildman–Crippen LogP) is 4.15. The number of hydrogen-bond donors (Lipinski definition) is 3. The molecule has 0 saturated carbocycles. The molecule has 0 bridgehead atoms. The molecule has 2 heterocycles. The number of piperazine rings is 1. The zero-order valence-corrected chi connectivity index (χ0v) is 20.0. The average Bonchev–Trinajstić information content (AvgIpc) is 2.80. The van der Waals surface area contributed by atoms with Gasteiger partial charge in [-0.25, -0.2) is 14.0 Å². The Hall–Kier alpha value is -3.24. The van der Waals surface area contributed by atoms with Gasteiger partial charge in [0.1, 0.15) is 5.82 Å². The van der Waals surface area contributed by atoms with E-state index in [1.165, 1.54) is 17.2 Å². The summed E-state index contributed by atoms with van der Waals surface area (Å²) in [6, 6.07) is 7.36. The molecule has 9 nitrogen and oxygen atoms in total. The van der Waals surface area contributed by atoms with Crippen LogP contribution in [-0.4, -0.2) is 70.4 Å². The van der Waals surface area contributed by atoms with E-state index < -0.39 is 23.5 Å². The summed E-state index contributed by atoms with van der Waals surface area (Å²) in [5.41, 5.74) is 1.49. The molecule has 3 N–H and O–H groups in total. The minimum absolute atomic E-state index is 0.0607. The number of nitrogens with zero attached hydrogens (tertiary/aromatic N) is 3. The third-order valence-electron chi connectivity index (χ3n) is 6.55. The second-order valence-corrected chi connectivity index (χ2v) is 8.55. The summed E-state index contributed by atoms with van der Waals surface area (Å²) in [6.45, 7) is 7.40. The number of carbonyl (C=O) groups is 2. The van der Waals surface area contributed by atoms with Crippen molar-refractivity contribution in [2.75, 3.05) is 37.4 Å². The number of carboxylic acid groups (broad SMARTS) is 1. The van der Waals surface area contributed by atoms with E-state index >= 15 is 0 Å². The summed E-state index contributed by atoms with van der Waals surface area (Å²) in [5.74, 6) is -0.549. The lowest BCUT2D eigenvalue weighted by Gasteiger charge is -2.53. The van der Waals surface area contributed by atoms with Gasteiger partial charge in [0.25, 0.3) is 0 Å². The number of carbonyl (C=O) groups excluding carboxylic acids is 1. The number of nitrogens with one attached hydrogen (secondary N) is 2. The zero-order chi connectivity index (χ0) is 24.9. The maximum absolute atomic E-state index is 14.4. The fourth-order valence-corrected chi connectivity index (χ4v) is 4.58. The van der Waals surface area contributed by atoms with Crippen molar-refractivity contribution in [1.82, 2.24) is 14.8 Å². The van der Waals surface area contributed by atoms with Crippen molar-refractivity contribution in [3.05, 3.63) is 53.6 Å². The van der Waals surface area contributed by atoms with Crippen LogP contribution in [0.3, 0.4) is 0 Å². The normalized spacial score (nSPS) is 20.7. The highest BCUT2D eigenvalue weighted by molar-refractivity contribution is 5.99. The van der Waals surface area contributed by atoms with Crippen LogP contribution in [0.25, 0.3) is 0 Å². The number of aryl methyl sites for hydroxylation is 1. The standard InChI is InChI=1S/C24H32FN5O4/c1-5-24(15-34-4)17(3)29(10-11-30(24)23(32)33)14-18-7-9-20(25)21(12-18)28-22(31)27-19-8-6-16(2)26-13-19/h6-9,12-13,17H,5,10-11,14-15H2,1-4H3,(H,32,33)(H2,27,28,31)/t17?,24-/m1/s1. The molecule has 2 atom stereocenters. The molecule has 1 unspecified atom stereocenters. The predicted molar refractivity (Wildman–Crippen MR) is 128 cm³/mol. The highest BCUT2D eigenvalue weighted by atomic mass is 19.1. The van der Waals surface area contributed by atoms with Gasteiger partial charge < -0.3 is 20.5 Å². The van der Waals surface area contributed by atoms with E-state index in [1.54, 1.807) is 31.4 Å². The Morgan fingerprint density at radius 1 is 1.26 bits per heavy atom. The molecule has 0 spiro atoms. The Balaban J connectivity index is 1.74. The van der Waals surface area contributed by atoms with Crippen LogP contribution in [0.2, 0.25) is 0 Å². The van der Waals surface area contributed by atoms with Gasteiger partial charge in [-0.2, -0.15) is 0 Å². The first-order valence-corrected chi connectivity index (χ1v) is 11.2. The number of rotatable bonds is 7. The average molecular weight is 474 g/mol. The summed E-state index contributed by atoms with van der Waals surface area (Å²) in [7, 11) is 1.57. The number of benzene rings is 1. The van der Waals surface area contributed by atoms with Crippen LogP contribution in [0.4, 0.5) is 25.4 Å². The minimum Gasteiger partial charge on any atom is -0.465 e. The largest absolute Gasteiger partial charge is 0.465 e. The molecule has 2 aromatic rings. The lowest BCUT2D eigenvalue weighted by Crippen LogP contribution is -2.69. The van der Waals surface area contributed by atoms with Crippen LogP contribution in [-0.2, 0) is 11.3 Å². The van der Waals surface area contributed by atoms with Gasteiger partial charge in [0.2, 0.25) is 0 Å². The van der Waals surface area contributed by atoms with E-state index in [0.717, 1.165) is 11.3 Å². The first-order valence-electron chi connectivity index (χ1n) is 11.2. The molecule has 34 heavy (non-hydrogen) atoms. The van der Waals surface area contributed by atoms with Gasteiger partial charge >= 0.3 is 12.1 Å². The van der Waals surface area contributed by atoms with Crippen LogP contribution in [0.15, 0.2) is 36.5 Å². The highest BCUT2D eigenvalue weighted by Gasteiger charge is 2.48. The minimum atomic E-state index is -0.964. The van der Waals surface area contributed by atoms with Crippen molar-refractivity contribution in [3.63, 3.8) is 0 Å². The molecule has 0 aliphatic carbocycles. The summed E-state index contributed by atoms with van der Waals surface area (Å²) in [5, 5.41) is 14.9. The molecule has 1 fully saturated rings. The Morgan fingerprint density at radius 2 is 2.03 bits per heavy atom. The quantitative estimate of drug-likeness (QED) is 0.558. The van der Waals surface area contributed by atoms with E-state index in [-0.39, 0.29) is 18.3 Å². The molecular weight excluding hydrogens is 441 g/mol. The Kier molecular flexibility index (Phi) is 8.06. The molecule has 10 heteroatoms. The van der Waals surface area contributed by atoms with Crippen molar-refractivity contribution in [1.29, 1.82) is 0 Å². The first-order chi connectivity index (χ1) is 16.2. The van der Waals surface area contributed by atoms with Crippen molar-refractivity contribution >= 4 is 23.5 Å². The maximum atomic E-state index is 14.4. The van der Waals surface area contributed by atoms with E-state index in [2.05, 4.69) is 20.5 Å². The van der Waals surface area contributed by atoms with Crippen molar-refractivity contribution in [2.24, 2.45) is 0 Å². The topological polar surface area (TPSA) is 107 Å². The molecule has 1 aromatic carbocycles. The Morgan fingerprint density at radius 3 is 2.65 bits per heavy atom. The Labute approximate surface area is 198 Å². The fourth-order valence-electron chi connectivity index (χ4n) is 4.58. The third kappa shape index (κ3) is 5.45. The molecule has 1 aliphatic heterocycles. The van der Waals surface area contributed by atoms with Crippen LogP contribution in [0, 0.1) is 12.7 Å². The van der Waals surface area contributed by atoms with Crippen LogP contribution < -0.4 is 10.6 Å². The highest BCUT2D eigenvalue weighted by Crippen LogP contribution is 2.33. The van der Waals surface area contributed by atoms with Gasteiger partial charge in [0.05, 0.1) is 29.7 Å². The van der Waals surface area contributed by atoms with Crippen LogP contribution in [0.1, 0.15) is 31.5 Å². The molecular formula is C24H32FN5O4. The SMILES string of the molecule is CC[C@@]1(COC)C(C)N(Cc2ccc(F)c(NC(=O)Nc3ccc(C)nc3)c2)CCN1C(=O)O. The number of aromatic nitrogens is 1. The molecule has 1 aromatic heterocycles. The first kappa shape index (κ1) is 25.4. The summed E-state index contributed by atoms with van der Waals surface area (Å²) in [4.78, 5) is 32.0. The number of pyridine rings is 1. The van der Waals surface area contributed by atoms with Gasteiger partial charge in [-0.3, -0.25) is 14.8 Å². The summed E-state index contributed by atoms with van der Waals surface area (Å²) < 4.78 is 19.9. The van der Waals surface area contributed by atoms with Crippen LogP contribution in [0.5, 0.6) is 0 Å². The molecule has 0 radical (unpaired) electrons. The maximum Gasteiger partial charge on any atom is 0.407 e. The van der Waals surface area contributed by atoms with E-state index in [1.807, 2.05) is 20.8 Å².